The van der Waals surface area contributed by atoms with Gasteiger partial charge < -0.3 is 21.1 Å². The van der Waals surface area contributed by atoms with Gasteiger partial charge in [-0.2, -0.15) is 0 Å². The van der Waals surface area contributed by atoms with Crippen LogP contribution in [0.3, 0.4) is 0 Å². The summed E-state index contributed by atoms with van der Waals surface area (Å²) in [5.41, 5.74) is 13.2. The van der Waals surface area contributed by atoms with Crippen molar-refractivity contribution in [2.75, 3.05) is 13.1 Å². The third-order valence-corrected chi connectivity index (χ3v) is 5.98. The number of rotatable bonds is 5. The van der Waals surface area contributed by atoms with Crippen LogP contribution in [0, 0.1) is 5.41 Å². The Morgan fingerprint density at radius 2 is 1.87 bits per heavy atom. The van der Waals surface area contributed by atoms with Crippen LogP contribution in [0.25, 0.3) is 5.70 Å². The molecule has 3 rings (SSSR count). The van der Waals surface area contributed by atoms with Crippen molar-refractivity contribution in [2.45, 2.75) is 52.9 Å². The van der Waals surface area contributed by atoms with Gasteiger partial charge in [-0.15, -0.1) is 0 Å². The fourth-order valence-corrected chi connectivity index (χ4v) is 4.08. The van der Waals surface area contributed by atoms with Gasteiger partial charge in [-0.3, -0.25) is 10.4 Å². The van der Waals surface area contributed by atoms with Gasteiger partial charge >= 0.3 is 0 Å². The van der Waals surface area contributed by atoms with Crippen molar-refractivity contribution >= 4 is 17.4 Å². The van der Waals surface area contributed by atoms with Crippen LogP contribution < -0.4 is 11.1 Å². The number of allylic oxidation sites excluding steroid dienone is 2. The number of hydrogen-bond acceptors (Lipinski definition) is 4. The molecule has 0 fully saturated rings. The lowest BCUT2D eigenvalue weighted by Gasteiger charge is -2.28. The maximum absolute atomic E-state index is 11.0. The van der Waals surface area contributed by atoms with Gasteiger partial charge in [0.1, 0.15) is 5.75 Å². The summed E-state index contributed by atoms with van der Waals surface area (Å²) in [6.07, 6.45) is 5.28. The highest BCUT2D eigenvalue weighted by atomic mass is 16.3. The summed E-state index contributed by atoms with van der Waals surface area (Å²) in [5.74, 6) is 0.290. The van der Waals surface area contributed by atoms with Crippen LogP contribution in [0.5, 0.6) is 5.75 Å². The molecular weight excluding hydrogens is 374 g/mol. The molecule has 1 aromatic carbocycles. The molecule has 6 nitrogen and oxygen atoms in total. The van der Waals surface area contributed by atoms with Crippen LogP contribution in [0.15, 0.2) is 52.3 Å². The van der Waals surface area contributed by atoms with Crippen molar-refractivity contribution in [3.05, 3.63) is 58.4 Å². The average Bonchev–Trinajstić information content (AvgIpc) is 2.71. The molecule has 1 heterocycles. The summed E-state index contributed by atoms with van der Waals surface area (Å²) >= 11 is 0. The van der Waals surface area contributed by atoms with E-state index >= 15 is 0 Å². The van der Waals surface area contributed by atoms with Crippen molar-refractivity contribution in [3.8, 4) is 5.75 Å². The summed E-state index contributed by atoms with van der Waals surface area (Å²) < 4.78 is 0. The smallest absolute Gasteiger partial charge is 0.188 e. The van der Waals surface area contributed by atoms with Crippen LogP contribution in [0.1, 0.15) is 64.0 Å². The number of para-hydroxylation sites is 1. The molecule has 30 heavy (non-hydrogen) atoms. The number of benzene rings is 1. The molecule has 0 unspecified atom stereocenters. The average molecular weight is 408 g/mol. The largest absolute Gasteiger partial charge is 0.507 e. The molecule has 1 aliphatic carbocycles. The van der Waals surface area contributed by atoms with Gasteiger partial charge in [0.25, 0.3) is 0 Å². The van der Waals surface area contributed by atoms with Crippen LogP contribution in [0.4, 0.5) is 0 Å². The number of phenols is 1. The van der Waals surface area contributed by atoms with Crippen molar-refractivity contribution in [1.82, 2.24) is 10.2 Å². The van der Waals surface area contributed by atoms with Crippen LogP contribution in [-0.4, -0.2) is 34.8 Å². The van der Waals surface area contributed by atoms with Gasteiger partial charge in [-0.25, -0.2) is 0 Å². The van der Waals surface area contributed by atoms with Crippen molar-refractivity contribution in [1.29, 1.82) is 5.41 Å². The van der Waals surface area contributed by atoms with Gasteiger partial charge in [0.05, 0.1) is 0 Å². The van der Waals surface area contributed by atoms with E-state index in [1.165, 1.54) is 24.1 Å². The number of phenolic OH excluding ortho intramolecular Hbond substituents is 1. The minimum absolute atomic E-state index is 0.0915. The van der Waals surface area contributed by atoms with E-state index in [-0.39, 0.29) is 11.7 Å². The lowest BCUT2D eigenvalue weighted by atomic mass is 9.96. The quantitative estimate of drug-likeness (QED) is 0.427. The van der Waals surface area contributed by atoms with Gasteiger partial charge in [0, 0.05) is 53.4 Å². The Bertz CT molecular complexity index is 954. The molecule has 0 atom stereocenters. The lowest BCUT2D eigenvalue weighted by molar-refractivity contribution is 0.422. The summed E-state index contributed by atoms with van der Waals surface area (Å²) in [4.78, 5) is 6.64. The number of aliphatic imine (C=N–C) groups is 1. The molecule has 0 radical (unpaired) electrons. The monoisotopic (exact) mass is 407 g/mol. The highest BCUT2D eigenvalue weighted by Crippen LogP contribution is 2.31. The minimum Gasteiger partial charge on any atom is -0.507 e. The first-order valence-electron chi connectivity index (χ1n) is 10.6. The number of nitrogens with zero attached hydrogens (tertiary/aromatic N) is 2. The molecule has 0 saturated heterocycles. The van der Waals surface area contributed by atoms with Gasteiger partial charge in [0.2, 0.25) is 0 Å². The molecule has 160 valence electrons. The molecule has 0 saturated carbocycles. The Morgan fingerprint density at radius 1 is 1.17 bits per heavy atom. The van der Waals surface area contributed by atoms with Crippen molar-refractivity contribution < 1.29 is 5.11 Å². The van der Waals surface area contributed by atoms with E-state index in [0.717, 1.165) is 36.2 Å². The molecule has 2 aliphatic rings. The van der Waals surface area contributed by atoms with E-state index in [2.05, 4.69) is 18.8 Å². The van der Waals surface area contributed by atoms with E-state index in [0.29, 0.717) is 29.9 Å². The van der Waals surface area contributed by atoms with Gasteiger partial charge in [-0.1, -0.05) is 18.2 Å². The van der Waals surface area contributed by atoms with Crippen LogP contribution in [0.2, 0.25) is 0 Å². The number of nitrogens with two attached hydrogens (primary N) is 1. The Labute approximate surface area is 179 Å². The van der Waals surface area contributed by atoms with E-state index in [4.69, 9.17) is 16.1 Å². The zero-order valence-electron chi connectivity index (χ0n) is 18.3. The molecule has 6 heteroatoms. The topological polar surface area (TPSA) is 97.7 Å². The van der Waals surface area contributed by atoms with Gasteiger partial charge in [-0.05, 0) is 64.2 Å². The second-order valence-electron chi connectivity index (χ2n) is 8.25. The predicted molar refractivity (Wildman–Crippen MR) is 124 cm³/mol. The number of guanidine groups is 1. The van der Waals surface area contributed by atoms with E-state index < -0.39 is 0 Å². The molecule has 1 aromatic rings. The van der Waals surface area contributed by atoms with Crippen molar-refractivity contribution in [2.24, 2.45) is 10.7 Å². The Morgan fingerprint density at radius 3 is 2.53 bits per heavy atom. The lowest BCUT2D eigenvalue weighted by Crippen LogP contribution is -2.40. The predicted octanol–water partition coefficient (Wildman–Crippen LogP) is 4.48. The number of nitrogens with one attached hydrogen (secondary N) is 2. The second-order valence-corrected chi connectivity index (χ2v) is 8.25. The zero-order chi connectivity index (χ0) is 21.8. The van der Waals surface area contributed by atoms with E-state index in [1.807, 2.05) is 36.9 Å². The molecule has 0 amide bonds. The molecular formula is C24H33N5O. The van der Waals surface area contributed by atoms with Crippen molar-refractivity contribution in [3.63, 3.8) is 0 Å². The minimum atomic E-state index is 0.0915. The maximum atomic E-state index is 11.0. The Hall–Kier alpha value is -3.02. The normalized spacial score (nSPS) is 18.0. The molecule has 0 spiro atoms. The fourth-order valence-electron chi connectivity index (χ4n) is 4.08. The Balaban J connectivity index is 1.84. The third kappa shape index (κ3) is 4.75. The summed E-state index contributed by atoms with van der Waals surface area (Å²) in [7, 11) is 0. The summed E-state index contributed by atoms with van der Waals surface area (Å²) in [6.45, 7) is 11.6. The maximum Gasteiger partial charge on any atom is 0.188 e. The summed E-state index contributed by atoms with van der Waals surface area (Å²) in [6, 6.07) is 5.70. The first-order chi connectivity index (χ1) is 14.3. The second kappa shape index (κ2) is 9.20. The number of hydrogen-bond donors (Lipinski definition) is 4. The third-order valence-electron chi connectivity index (χ3n) is 5.98. The van der Waals surface area contributed by atoms with E-state index in [9.17, 15) is 5.11 Å². The van der Waals surface area contributed by atoms with Crippen LogP contribution in [-0.2, 0) is 0 Å². The first kappa shape index (κ1) is 21.7. The standard InChI is InChI=1S/C24H33N5O/c1-15-8-5-6-11-21(15)27-17(3)19-9-7-10-20(23(19)30)18(4)28-22-12-13-29(24(25)26)14-16(22)2/h7,9-10,27,30H,3,5-6,8,11-14H2,1-2,4H3,(H3,25,26). The van der Waals surface area contributed by atoms with E-state index in [1.54, 1.807) is 0 Å². The number of aromatic hydroxyl groups is 1. The van der Waals surface area contributed by atoms with Gasteiger partial charge in [0.15, 0.2) is 5.96 Å². The molecule has 1 aliphatic heterocycles. The molecule has 0 aromatic heterocycles. The highest BCUT2D eigenvalue weighted by Gasteiger charge is 2.19. The molecule has 5 N–H and O–H groups in total. The Kier molecular flexibility index (Phi) is 6.65. The first-order valence-corrected chi connectivity index (χ1v) is 10.6. The fraction of sp³-hybridized carbons (Fsp3) is 0.417. The zero-order valence-corrected chi connectivity index (χ0v) is 18.3. The van der Waals surface area contributed by atoms with Crippen LogP contribution >= 0.6 is 0 Å². The highest BCUT2D eigenvalue weighted by molar-refractivity contribution is 6.02. The molecule has 0 bridgehead atoms. The SMILES string of the molecule is C=C(NC1=C(C)CCCC1)c1cccc(C(C)=NC2=C(C)CN(C(=N)N)CC2)c1O. The summed E-state index contributed by atoms with van der Waals surface area (Å²) in [5, 5.41) is 22.0.